The van der Waals surface area contributed by atoms with Crippen LogP contribution in [0.1, 0.15) is 0 Å². The zero-order valence-electron chi connectivity index (χ0n) is 8.97. The van der Waals surface area contributed by atoms with Crippen LogP contribution in [0.2, 0.25) is 0 Å². The van der Waals surface area contributed by atoms with Gasteiger partial charge in [-0.15, -0.1) is 0 Å². The monoisotopic (exact) mass is 251 g/mol. The molecule has 6 heteroatoms. The molecule has 18 heavy (non-hydrogen) atoms. The third kappa shape index (κ3) is 2.42. The van der Waals surface area contributed by atoms with Crippen molar-refractivity contribution in [3.63, 3.8) is 0 Å². The van der Waals surface area contributed by atoms with E-state index in [0.717, 1.165) is 12.1 Å². The van der Waals surface area contributed by atoms with Crippen molar-refractivity contribution in [3.05, 3.63) is 64.2 Å². The van der Waals surface area contributed by atoms with Crippen molar-refractivity contribution in [3.8, 4) is 11.5 Å². The third-order valence-electron chi connectivity index (χ3n) is 2.18. The molecule has 0 spiro atoms. The van der Waals surface area contributed by atoms with E-state index in [-0.39, 0.29) is 17.2 Å². The molecule has 4 nitrogen and oxygen atoms in total. The average Bonchev–Trinajstić information content (AvgIpc) is 2.34. The van der Waals surface area contributed by atoms with Crippen molar-refractivity contribution in [1.82, 2.24) is 0 Å². The molecule has 0 aromatic heterocycles. The standard InChI is InChI=1S/C12H7F2NO3/c13-9-6-5-8(7-10(9)14)18-12-4-2-1-3-11(12)15(16)17/h1-7H. The Kier molecular flexibility index (Phi) is 3.18. The summed E-state index contributed by atoms with van der Waals surface area (Å²) in [6.45, 7) is 0. The maximum absolute atomic E-state index is 13.0. The molecule has 0 aliphatic rings. The highest BCUT2D eigenvalue weighted by molar-refractivity contribution is 5.48. The Bertz CT molecular complexity index is 602. The molecule has 2 aromatic rings. The van der Waals surface area contributed by atoms with E-state index in [2.05, 4.69) is 0 Å². The maximum atomic E-state index is 13.0. The van der Waals surface area contributed by atoms with Crippen LogP contribution in [-0.4, -0.2) is 4.92 Å². The fourth-order valence-corrected chi connectivity index (χ4v) is 1.36. The number of nitro groups is 1. The highest BCUT2D eigenvalue weighted by Gasteiger charge is 2.15. The zero-order chi connectivity index (χ0) is 13.1. The van der Waals surface area contributed by atoms with E-state index in [4.69, 9.17) is 4.74 Å². The summed E-state index contributed by atoms with van der Waals surface area (Å²) in [6.07, 6.45) is 0. The molecule has 0 radical (unpaired) electrons. The van der Waals surface area contributed by atoms with Crippen LogP contribution in [0.15, 0.2) is 42.5 Å². The topological polar surface area (TPSA) is 52.4 Å². The second kappa shape index (κ2) is 4.79. The fourth-order valence-electron chi connectivity index (χ4n) is 1.36. The van der Waals surface area contributed by atoms with Gasteiger partial charge in [0.05, 0.1) is 4.92 Å². The number of para-hydroxylation sites is 2. The number of ether oxygens (including phenoxy) is 1. The minimum Gasteiger partial charge on any atom is -0.450 e. The largest absolute Gasteiger partial charge is 0.450 e. The predicted molar refractivity (Wildman–Crippen MR) is 59.5 cm³/mol. The SMILES string of the molecule is O=[N+]([O-])c1ccccc1Oc1ccc(F)c(F)c1. The van der Waals surface area contributed by atoms with Gasteiger partial charge in [0.15, 0.2) is 11.6 Å². The van der Waals surface area contributed by atoms with Crippen molar-refractivity contribution in [2.45, 2.75) is 0 Å². The lowest BCUT2D eigenvalue weighted by molar-refractivity contribution is -0.385. The first kappa shape index (κ1) is 12.0. The summed E-state index contributed by atoms with van der Waals surface area (Å²) >= 11 is 0. The van der Waals surface area contributed by atoms with Gasteiger partial charge in [-0.05, 0) is 18.2 Å². The Labute approximate surface area is 101 Å². The molecule has 0 atom stereocenters. The Morgan fingerprint density at radius 1 is 1.06 bits per heavy atom. The molecule has 2 aromatic carbocycles. The van der Waals surface area contributed by atoms with Crippen molar-refractivity contribution in [2.24, 2.45) is 0 Å². The van der Waals surface area contributed by atoms with E-state index >= 15 is 0 Å². The summed E-state index contributed by atoms with van der Waals surface area (Å²) in [6, 6.07) is 8.56. The number of benzene rings is 2. The molecule has 0 saturated heterocycles. The molecule has 0 amide bonds. The molecule has 0 N–H and O–H groups in total. The van der Waals surface area contributed by atoms with Gasteiger partial charge < -0.3 is 4.74 Å². The van der Waals surface area contributed by atoms with Crippen LogP contribution in [-0.2, 0) is 0 Å². The second-order valence-electron chi connectivity index (χ2n) is 3.40. The Morgan fingerprint density at radius 2 is 1.78 bits per heavy atom. The van der Waals surface area contributed by atoms with E-state index in [1.54, 1.807) is 6.07 Å². The van der Waals surface area contributed by atoms with E-state index in [1.807, 2.05) is 0 Å². The Hall–Kier alpha value is -2.50. The molecule has 2 rings (SSSR count). The Balaban J connectivity index is 2.34. The van der Waals surface area contributed by atoms with E-state index in [0.29, 0.717) is 0 Å². The average molecular weight is 251 g/mol. The first-order valence-electron chi connectivity index (χ1n) is 4.94. The van der Waals surface area contributed by atoms with Crippen molar-refractivity contribution in [2.75, 3.05) is 0 Å². The van der Waals surface area contributed by atoms with Gasteiger partial charge in [-0.2, -0.15) is 0 Å². The predicted octanol–water partition coefficient (Wildman–Crippen LogP) is 3.67. The quantitative estimate of drug-likeness (QED) is 0.617. The first-order valence-corrected chi connectivity index (χ1v) is 4.94. The lowest BCUT2D eigenvalue weighted by Gasteiger charge is -2.06. The molecule has 0 fully saturated rings. The van der Waals surface area contributed by atoms with Crippen LogP contribution < -0.4 is 4.74 Å². The minimum atomic E-state index is -1.08. The van der Waals surface area contributed by atoms with Gasteiger partial charge in [0, 0.05) is 12.1 Å². The van der Waals surface area contributed by atoms with Crippen LogP contribution in [0.4, 0.5) is 14.5 Å². The van der Waals surface area contributed by atoms with Gasteiger partial charge in [0.25, 0.3) is 0 Å². The van der Waals surface area contributed by atoms with Gasteiger partial charge in [-0.25, -0.2) is 8.78 Å². The molecule has 92 valence electrons. The fraction of sp³-hybridized carbons (Fsp3) is 0. The van der Waals surface area contributed by atoms with E-state index < -0.39 is 16.6 Å². The normalized spacial score (nSPS) is 10.1. The van der Waals surface area contributed by atoms with Gasteiger partial charge in [0.1, 0.15) is 5.75 Å². The molecule has 0 aliphatic heterocycles. The van der Waals surface area contributed by atoms with Crippen LogP contribution in [0.5, 0.6) is 11.5 Å². The molecule has 0 unspecified atom stereocenters. The molecule has 0 aliphatic carbocycles. The van der Waals surface area contributed by atoms with Gasteiger partial charge in [0.2, 0.25) is 5.75 Å². The van der Waals surface area contributed by atoms with Crippen LogP contribution in [0.3, 0.4) is 0 Å². The number of nitro benzene ring substituents is 1. The smallest absolute Gasteiger partial charge is 0.311 e. The maximum Gasteiger partial charge on any atom is 0.311 e. The molecular formula is C12H7F2NO3. The van der Waals surface area contributed by atoms with Gasteiger partial charge in [-0.3, -0.25) is 10.1 Å². The van der Waals surface area contributed by atoms with E-state index in [9.17, 15) is 18.9 Å². The Morgan fingerprint density at radius 3 is 2.44 bits per heavy atom. The number of hydrogen-bond acceptors (Lipinski definition) is 3. The van der Waals surface area contributed by atoms with Crippen molar-refractivity contribution < 1.29 is 18.4 Å². The minimum absolute atomic E-state index is 0.0109. The van der Waals surface area contributed by atoms with E-state index in [1.165, 1.54) is 24.3 Å². The number of hydrogen-bond donors (Lipinski definition) is 0. The van der Waals surface area contributed by atoms with Crippen molar-refractivity contribution >= 4 is 5.69 Å². The number of nitrogens with zero attached hydrogens (tertiary/aromatic N) is 1. The summed E-state index contributed by atoms with van der Waals surface area (Å²) in [4.78, 5) is 10.1. The first-order chi connectivity index (χ1) is 8.58. The summed E-state index contributed by atoms with van der Waals surface area (Å²) in [5, 5.41) is 10.7. The zero-order valence-corrected chi connectivity index (χ0v) is 8.97. The van der Waals surface area contributed by atoms with Crippen molar-refractivity contribution in [1.29, 1.82) is 0 Å². The molecule has 0 heterocycles. The van der Waals surface area contributed by atoms with Gasteiger partial charge in [-0.1, -0.05) is 12.1 Å². The summed E-state index contributed by atoms with van der Waals surface area (Å²) in [5.74, 6) is -2.13. The summed E-state index contributed by atoms with van der Waals surface area (Å²) in [7, 11) is 0. The summed E-state index contributed by atoms with van der Waals surface area (Å²) < 4.78 is 30.8. The number of halogens is 2. The van der Waals surface area contributed by atoms with Gasteiger partial charge >= 0.3 is 5.69 Å². The highest BCUT2D eigenvalue weighted by Crippen LogP contribution is 2.31. The van der Waals surface area contributed by atoms with Crippen LogP contribution in [0, 0.1) is 21.7 Å². The number of rotatable bonds is 3. The summed E-state index contributed by atoms with van der Waals surface area (Å²) in [5.41, 5.74) is -0.248. The molecule has 0 bridgehead atoms. The van der Waals surface area contributed by atoms with Crippen LogP contribution in [0.25, 0.3) is 0 Å². The lowest BCUT2D eigenvalue weighted by atomic mass is 10.3. The lowest BCUT2D eigenvalue weighted by Crippen LogP contribution is -1.93. The molecular weight excluding hydrogens is 244 g/mol. The molecule has 0 saturated carbocycles. The highest BCUT2D eigenvalue weighted by atomic mass is 19.2. The van der Waals surface area contributed by atoms with Crippen LogP contribution >= 0.6 is 0 Å². The second-order valence-corrected chi connectivity index (χ2v) is 3.40. The third-order valence-corrected chi connectivity index (χ3v) is 2.18.